The summed E-state index contributed by atoms with van der Waals surface area (Å²) < 4.78 is 24.2. The van der Waals surface area contributed by atoms with E-state index in [1.807, 2.05) is 6.07 Å². The molecular formula is C23H21ClN6O7S2. The van der Waals surface area contributed by atoms with Crippen LogP contribution < -0.4 is 0 Å². The van der Waals surface area contributed by atoms with Gasteiger partial charge in [0.1, 0.15) is 41.0 Å². The third-order valence-electron chi connectivity index (χ3n) is 5.31. The minimum Gasteiger partial charge on any atom is -0.463 e. The first-order valence-corrected chi connectivity index (χ1v) is 13.5. The molecule has 5 unspecified atom stereocenters. The van der Waals surface area contributed by atoms with E-state index in [2.05, 4.69) is 20.3 Å². The summed E-state index contributed by atoms with van der Waals surface area (Å²) in [5.74, 6) is -1.84. The van der Waals surface area contributed by atoms with Crippen molar-refractivity contribution < 1.29 is 33.3 Å². The Morgan fingerprint density at radius 2 is 1.92 bits per heavy atom. The van der Waals surface area contributed by atoms with E-state index in [1.54, 1.807) is 17.8 Å². The third kappa shape index (κ3) is 6.90. The Hall–Kier alpha value is -3.58. The number of pyridine rings is 1. The number of carbonyl (C=O) groups is 3. The maximum atomic E-state index is 12.3. The van der Waals surface area contributed by atoms with Crippen molar-refractivity contribution in [1.29, 1.82) is 5.26 Å². The molecule has 0 amide bonds. The Labute approximate surface area is 235 Å². The van der Waals surface area contributed by atoms with Gasteiger partial charge < -0.3 is 18.9 Å². The molecule has 39 heavy (non-hydrogen) atoms. The zero-order valence-corrected chi connectivity index (χ0v) is 23.1. The van der Waals surface area contributed by atoms with Crippen LogP contribution in [0.25, 0.3) is 10.7 Å². The van der Waals surface area contributed by atoms with E-state index in [9.17, 15) is 14.4 Å². The van der Waals surface area contributed by atoms with E-state index < -0.39 is 47.7 Å². The Bertz CT molecular complexity index is 1400. The monoisotopic (exact) mass is 592 g/mol. The van der Waals surface area contributed by atoms with Crippen LogP contribution in [0.1, 0.15) is 32.5 Å². The lowest BCUT2D eigenvalue weighted by atomic mass is 9.96. The maximum Gasteiger partial charge on any atom is 0.303 e. The minimum atomic E-state index is -1.10. The van der Waals surface area contributed by atoms with Crippen LogP contribution >= 0.6 is 34.7 Å². The third-order valence-corrected chi connectivity index (χ3v) is 7.50. The lowest BCUT2D eigenvalue weighted by Crippen LogP contribution is -2.57. The molecule has 3 aromatic rings. The van der Waals surface area contributed by atoms with Gasteiger partial charge in [0.15, 0.2) is 17.9 Å². The molecule has 5 atom stereocenters. The number of nitrogens with zero attached hydrogens (tertiary/aromatic N) is 6. The van der Waals surface area contributed by atoms with E-state index in [-0.39, 0.29) is 17.3 Å². The number of rotatable bonds is 8. The van der Waals surface area contributed by atoms with Gasteiger partial charge >= 0.3 is 17.9 Å². The lowest BCUT2D eigenvalue weighted by Gasteiger charge is -2.44. The van der Waals surface area contributed by atoms with Crippen LogP contribution in [0.5, 0.6) is 0 Å². The summed E-state index contributed by atoms with van der Waals surface area (Å²) in [4.78, 5) is 44.8. The first-order chi connectivity index (χ1) is 18.7. The molecule has 1 saturated heterocycles. The Balaban J connectivity index is 1.79. The predicted octanol–water partition coefficient (Wildman–Crippen LogP) is 2.81. The molecule has 0 radical (unpaired) electrons. The molecule has 1 aliphatic rings. The molecule has 204 valence electrons. The van der Waals surface area contributed by atoms with E-state index in [4.69, 9.17) is 35.8 Å². The van der Waals surface area contributed by atoms with Crippen LogP contribution in [0.15, 0.2) is 34.9 Å². The maximum absolute atomic E-state index is 12.3. The van der Waals surface area contributed by atoms with Gasteiger partial charge in [-0.2, -0.15) is 5.26 Å². The van der Waals surface area contributed by atoms with Crippen molar-refractivity contribution in [2.24, 2.45) is 0 Å². The topological polar surface area (TPSA) is 168 Å². The Morgan fingerprint density at radius 3 is 2.54 bits per heavy atom. The van der Waals surface area contributed by atoms with E-state index >= 15 is 0 Å². The van der Waals surface area contributed by atoms with Gasteiger partial charge in [-0.25, -0.2) is 14.6 Å². The van der Waals surface area contributed by atoms with Crippen molar-refractivity contribution in [3.8, 4) is 16.8 Å². The highest BCUT2D eigenvalue weighted by molar-refractivity contribution is 7.99. The largest absolute Gasteiger partial charge is 0.463 e. The number of hydrogen-bond acceptors (Lipinski definition) is 14. The molecule has 4 rings (SSSR count). The highest BCUT2D eigenvalue weighted by Crippen LogP contribution is 2.42. The number of ether oxygens (including phenoxy) is 4. The Morgan fingerprint density at radius 1 is 1.18 bits per heavy atom. The first-order valence-electron chi connectivity index (χ1n) is 11.3. The number of carbonyl (C=O) groups excluding carboxylic acids is 3. The van der Waals surface area contributed by atoms with E-state index in [0.717, 1.165) is 11.8 Å². The van der Waals surface area contributed by atoms with Crippen LogP contribution in [0.2, 0.25) is 5.02 Å². The zero-order chi connectivity index (χ0) is 28.1. The second kappa shape index (κ2) is 12.5. The smallest absolute Gasteiger partial charge is 0.303 e. The summed E-state index contributed by atoms with van der Waals surface area (Å²) >= 11 is 8.62. The van der Waals surface area contributed by atoms with Gasteiger partial charge in [0, 0.05) is 43.4 Å². The molecule has 0 aromatic carbocycles. The quantitative estimate of drug-likeness (QED) is 0.277. The molecule has 0 spiro atoms. The van der Waals surface area contributed by atoms with Crippen molar-refractivity contribution in [1.82, 2.24) is 25.0 Å². The molecule has 1 fully saturated rings. The fourth-order valence-electron chi connectivity index (χ4n) is 3.85. The van der Waals surface area contributed by atoms with E-state index in [1.165, 1.54) is 49.1 Å². The highest BCUT2D eigenvalue weighted by Gasteiger charge is 2.52. The van der Waals surface area contributed by atoms with Crippen LogP contribution in [-0.2, 0) is 33.3 Å². The van der Waals surface area contributed by atoms with Gasteiger partial charge in [-0.05, 0) is 6.07 Å². The van der Waals surface area contributed by atoms with Crippen LogP contribution in [0.3, 0.4) is 0 Å². The number of esters is 3. The molecule has 13 nitrogen and oxygen atoms in total. The number of thioether (sulfide) groups is 1. The molecule has 0 bridgehead atoms. The van der Waals surface area contributed by atoms with Crippen LogP contribution in [0.4, 0.5) is 0 Å². The normalized spacial score (nSPS) is 22.5. The lowest BCUT2D eigenvalue weighted by molar-refractivity contribution is -0.212. The van der Waals surface area contributed by atoms with Crippen molar-refractivity contribution >= 4 is 52.6 Å². The van der Waals surface area contributed by atoms with Crippen LogP contribution in [0, 0.1) is 11.3 Å². The molecule has 3 aromatic heterocycles. The number of halogens is 1. The number of nitriles is 1. The van der Waals surface area contributed by atoms with Gasteiger partial charge in [0.05, 0.1) is 11.2 Å². The number of aromatic nitrogens is 5. The molecule has 16 heteroatoms. The average molecular weight is 593 g/mol. The fourth-order valence-corrected chi connectivity index (χ4v) is 5.83. The van der Waals surface area contributed by atoms with Gasteiger partial charge in [0.25, 0.3) is 0 Å². The molecule has 4 heterocycles. The van der Waals surface area contributed by atoms with Crippen LogP contribution in [-0.4, -0.2) is 73.2 Å². The molecular weight excluding hydrogens is 572 g/mol. The average Bonchev–Trinajstić information content (AvgIpc) is 3.56. The fraction of sp³-hybridized carbons (Fsp3) is 0.391. The zero-order valence-electron chi connectivity index (χ0n) is 20.7. The minimum absolute atomic E-state index is 0.0416. The van der Waals surface area contributed by atoms with Crippen molar-refractivity contribution in [2.75, 3.05) is 6.61 Å². The molecule has 0 saturated carbocycles. The highest BCUT2D eigenvalue weighted by atomic mass is 35.5. The van der Waals surface area contributed by atoms with Gasteiger partial charge in [-0.1, -0.05) is 28.6 Å². The summed E-state index contributed by atoms with van der Waals surface area (Å²) in [6.07, 6.45) is 1.47. The standard InChI is InChI=1S/C23H21ClN6O7S2/c1-11(31)34-10-18-20(35-12(2)32)19(30-9-17(28-29-30)22-26-4-5-38-22)21(36-13(3)33)23(37-18)39-14-6-15(24)16(7-25)27-8-14/h4-6,8-9,18-21,23H,10H2,1-3H3. The summed E-state index contributed by atoms with van der Waals surface area (Å²) in [5.41, 5.74) is -0.451. The van der Waals surface area contributed by atoms with Crippen molar-refractivity contribution in [2.45, 2.75) is 55.5 Å². The summed E-state index contributed by atoms with van der Waals surface area (Å²) in [6.45, 7) is 3.41. The number of hydrogen-bond donors (Lipinski definition) is 0. The van der Waals surface area contributed by atoms with Gasteiger partial charge in [-0.15, -0.1) is 16.4 Å². The molecule has 0 aliphatic carbocycles. The predicted molar refractivity (Wildman–Crippen MR) is 136 cm³/mol. The SMILES string of the molecule is CC(=O)OCC1OC(Sc2cnc(C#N)c(Cl)c2)C(OC(C)=O)C(n2cc(-c3nccs3)nn2)C1OC(C)=O. The number of thiazole rings is 1. The van der Waals surface area contributed by atoms with E-state index in [0.29, 0.717) is 15.6 Å². The molecule has 1 aliphatic heterocycles. The molecule has 0 N–H and O–H groups in total. The van der Waals surface area contributed by atoms with Gasteiger partial charge in [0.2, 0.25) is 0 Å². The Kier molecular flexibility index (Phi) is 9.12. The second-order valence-electron chi connectivity index (χ2n) is 8.14. The summed E-state index contributed by atoms with van der Waals surface area (Å²) in [6, 6.07) is 2.46. The summed E-state index contributed by atoms with van der Waals surface area (Å²) in [7, 11) is 0. The van der Waals surface area contributed by atoms with Crippen molar-refractivity contribution in [3.63, 3.8) is 0 Å². The van der Waals surface area contributed by atoms with Gasteiger partial charge in [-0.3, -0.25) is 14.4 Å². The van der Waals surface area contributed by atoms with Crippen molar-refractivity contribution in [3.05, 3.63) is 40.8 Å². The first kappa shape index (κ1) is 28.4. The second-order valence-corrected chi connectivity index (χ2v) is 10.6. The summed E-state index contributed by atoms with van der Waals surface area (Å²) in [5, 5.41) is 20.1.